The Hall–Kier alpha value is -0.820. The molecular weight excluding hydrogens is 273 g/mol. The number of piperidine rings is 1. The topological polar surface area (TPSA) is 50.4 Å². The second-order valence-corrected chi connectivity index (χ2v) is 5.70. The number of carbonyl (C=O) groups is 1. The van der Waals surface area contributed by atoms with Crippen molar-refractivity contribution >= 4 is 5.91 Å². The van der Waals surface area contributed by atoms with Crippen molar-refractivity contribution in [2.24, 2.45) is 11.8 Å². The number of ether oxygens (including phenoxy) is 1. The Bertz CT molecular complexity index is 335. The monoisotopic (exact) mass is 294 g/mol. The lowest BCUT2D eigenvalue weighted by molar-refractivity contribution is -0.180. The first-order valence-electron chi connectivity index (χ1n) is 7.06. The zero-order valence-electron chi connectivity index (χ0n) is 11.5. The number of hydrogen-bond acceptors (Lipinski definition) is 3. The first-order chi connectivity index (χ1) is 9.38. The summed E-state index contributed by atoms with van der Waals surface area (Å²) in [5.74, 6) is -1.25. The fraction of sp³-hybridized carbons (Fsp3) is 0.923. The molecule has 2 N–H and O–H groups in total. The number of amides is 1. The highest BCUT2D eigenvalue weighted by atomic mass is 19.4. The Morgan fingerprint density at radius 3 is 2.60 bits per heavy atom. The number of halogens is 3. The SMILES string of the molecule is CC(NC(=O)C1CCC(C(F)(F)F)CN1)C1CCOC1. The van der Waals surface area contributed by atoms with Crippen LogP contribution in [-0.4, -0.2) is 43.9 Å². The molecule has 20 heavy (non-hydrogen) atoms. The van der Waals surface area contributed by atoms with Gasteiger partial charge in [0.05, 0.1) is 18.6 Å². The first-order valence-corrected chi connectivity index (χ1v) is 7.06. The molecule has 0 aromatic heterocycles. The molecule has 4 unspecified atom stereocenters. The largest absolute Gasteiger partial charge is 0.393 e. The van der Waals surface area contributed by atoms with E-state index in [1.807, 2.05) is 6.92 Å². The third kappa shape index (κ3) is 3.85. The van der Waals surface area contributed by atoms with Crippen molar-refractivity contribution < 1.29 is 22.7 Å². The summed E-state index contributed by atoms with van der Waals surface area (Å²) in [6.07, 6.45) is -3.03. The molecule has 2 saturated heterocycles. The quantitative estimate of drug-likeness (QED) is 0.828. The zero-order valence-corrected chi connectivity index (χ0v) is 11.5. The summed E-state index contributed by atoms with van der Waals surface area (Å²) in [7, 11) is 0. The third-order valence-electron chi connectivity index (χ3n) is 4.24. The van der Waals surface area contributed by atoms with Gasteiger partial charge in [-0.25, -0.2) is 0 Å². The maximum absolute atomic E-state index is 12.5. The van der Waals surface area contributed by atoms with Crippen molar-refractivity contribution in [3.05, 3.63) is 0 Å². The van der Waals surface area contributed by atoms with Crippen LogP contribution >= 0.6 is 0 Å². The molecule has 116 valence electrons. The standard InChI is InChI=1S/C13H21F3N2O2/c1-8(9-4-5-20-7-9)18-12(19)11-3-2-10(6-17-11)13(14,15)16/h8-11,17H,2-7H2,1H3,(H,18,19). The van der Waals surface area contributed by atoms with E-state index < -0.39 is 18.1 Å². The lowest BCUT2D eigenvalue weighted by Crippen LogP contribution is -2.53. The molecule has 0 aromatic rings. The number of hydrogen-bond donors (Lipinski definition) is 2. The molecule has 2 aliphatic rings. The summed E-state index contributed by atoms with van der Waals surface area (Å²) < 4.78 is 42.9. The van der Waals surface area contributed by atoms with Crippen LogP contribution in [0.1, 0.15) is 26.2 Å². The van der Waals surface area contributed by atoms with Crippen molar-refractivity contribution in [2.75, 3.05) is 19.8 Å². The van der Waals surface area contributed by atoms with Gasteiger partial charge >= 0.3 is 6.18 Å². The van der Waals surface area contributed by atoms with Gasteiger partial charge < -0.3 is 15.4 Å². The van der Waals surface area contributed by atoms with Gasteiger partial charge in [0, 0.05) is 25.1 Å². The van der Waals surface area contributed by atoms with Gasteiger partial charge in [0.25, 0.3) is 0 Å². The van der Waals surface area contributed by atoms with E-state index in [-0.39, 0.29) is 31.3 Å². The molecule has 2 heterocycles. The lowest BCUT2D eigenvalue weighted by Gasteiger charge is -2.31. The van der Waals surface area contributed by atoms with Crippen LogP contribution in [0.2, 0.25) is 0 Å². The van der Waals surface area contributed by atoms with E-state index in [4.69, 9.17) is 4.74 Å². The van der Waals surface area contributed by atoms with E-state index in [1.165, 1.54) is 0 Å². The molecule has 0 spiro atoms. The van der Waals surface area contributed by atoms with E-state index in [0.717, 1.165) is 6.42 Å². The minimum absolute atomic E-state index is 0.00728. The van der Waals surface area contributed by atoms with Gasteiger partial charge in [0.15, 0.2) is 0 Å². The average Bonchev–Trinajstić information content (AvgIpc) is 2.91. The van der Waals surface area contributed by atoms with Crippen molar-refractivity contribution in [3.8, 4) is 0 Å². The second-order valence-electron chi connectivity index (χ2n) is 5.70. The predicted octanol–water partition coefficient (Wildman–Crippen LogP) is 1.46. The van der Waals surface area contributed by atoms with Crippen molar-refractivity contribution in [1.29, 1.82) is 0 Å². The number of rotatable bonds is 3. The molecule has 2 rings (SSSR count). The predicted molar refractivity (Wildman–Crippen MR) is 67.1 cm³/mol. The molecule has 0 radical (unpaired) electrons. The number of carbonyl (C=O) groups excluding carboxylic acids is 1. The number of alkyl halides is 3. The molecule has 0 bridgehead atoms. The molecule has 4 atom stereocenters. The summed E-state index contributed by atoms with van der Waals surface area (Å²) in [5.41, 5.74) is 0. The van der Waals surface area contributed by atoms with E-state index in [1.54, 1.807) is 0 Å². The second kappa shape index (κ2) is 6.30. The van der Waals surface area contributed by atoms with Gasteiger partial charge in [-0.15, -0.1) is 0 Å². The van der Waals surface area contributed by atoms with Gasteiger partial charge in [-0.05, 0) is 26.2 Å². The minimum atomic E-state index is -4.18. The van der Waals surface area contributed by atoms with Crippen LogP contribution in [0, 0.1) is 11.8 Å². The molecular formula is C13H21F3N2O2. The smallest absolute Gasteiger partial charge is 0.381 e. The Morgan fingerprint density at radius 2 is 2.10 bits per heavy atom. The van der Waals surface area contributed by atoms with Crippen LogP contribution in [-0.2, 0) is 9.53 Å². The zero-order chi connectivity index (χ0) is 14.8. The van der Waals surface area contributed by atoms with Crippen molar-refractivity contribution in [1.82, 2.24) is 10.6 Å². The molecule has 0 aromatic carbocycles. The molecule has 0 saturated carbocycles. The highest BCUT2D eigenvalue weighted by Crippen LogP contribution is 2.32. The van der Waals surface area contributed by atoms with Crippen LogP contribution in [0.15, 0.2) is 0 Å². The molecule has 2 fully saturated rings. The highest BCUT2D eigenvalue weighted by molar-refractivity contribution is 5.82. The summed E-state index contributed by atoms with van der Waals surface area (Å²) in [5, 5.41) is 5.59. The van der Waals surface area contributed by atoms with Gasteiger partial charge in [-0.1, -0.05) is 0 Å². The van der Waals surface area contributed by atoms with Gasteiger partial charge in [0.2, 0.25) is 5.91 Å². The average molecular weight is 294 g/mol. The first kappa shape index (κ1) is 15.6. The summed E-state index contributed by atoms with van der Waals surface area (Å²) in [6.45, 7) is 3.08. The van der Waals surface area contributed by atoms with E-state index in [0.29, 0.717) is 19.1 Å². The van der Waals surface area contributed by atoms with Gasteiger partial charge in [-0.2, -0.15) is 13.2 Å². The normalized spacial score (nSPS) is 32.9. The lowest BCUT2D eigenvalue weighted by atomic mass is 9.93. The molecule has 1 amide bonds. The van der Waals surface area contributed by atoms with E-state index in [9.17, 15) is 18.0 Å². The maximum Gasteiger partial charge on any atom is 0.393 e. The minimum Gasteiger partial charge on any atom is -0.381 e. The summed E-state index contributed by atoms with van der Waals surface area (Å²) in [6, 6.07) is -0.523. The van der Waals surface area contributed by atoms with E-state index in [2.05, 4.69) is 10.6 Å². The highest BCUT2D eigenvalue weighted by Gasteiger charge is 2.42. The van der Waals surface area contributed by atoms with Crippen LogP contribution in [0.5, 0.6) is 0 Å². The Labute approximate surface area is 116 Å². The Balaban J connectivity index is 1.77. The van der Waals surface area contributed by atoms with Crippen LogP contribution in [0.3, 0.4) is 0 Å². The molecule has 0 aliphatic carbocycles. The molecule has 2 aliphatic heterocycles. The number of nitrogens with one attached hydrogen (secondary N) is 2. The Kier molecular flexibility index (Phi) is 4.90. The summed E-state index contributed by atoms with van der Waals surface area (Å²) >= 11 is 0. The summed E-state index contributed by atoms with van der Waals surface area (Å²) in [4.78, 5) is 12.0. The Morgan fingerprint density at radius 1 is 1.35 bits per heavy atom. The van der Waals surface area contributed by atoms with Gasteiger partial charge in [-0.3, -0.25) is 4.79 Å². The van der Waals surface area contributed by atoms with E-state index >= 15 is 0 Å². The van der Waals surface area contributed by atoms with Crippen LogP contribution in [0.4, 0.5) is 13.2 Å². The van der Waals surface area contributed by atoms with Crippen molar-refractivity contribution in [3.63, 3.8) is 0 Å². The molecule has 4 nitrogen and oxygen atoms in total. The van der Waals surface area contributed by atoms with Crippen molar-refractivity contribution in [2.45, 2.75) is 44.4 Å². The van der Waals surface area contributed by atoms with Gasteiger partial charge in [0.1, 0.15) is 0 Å². The third-order valence-corrected chi connectivity index (χ3v) is 4.24. The van der Waals surface area contributed by atoms with Crippen LogP contribution < -0.4 is 10.6 Å². The fourth-order valence-electron chi connectivity index (χ4n) is 2.75. The fourth-order valence-corrected chi connectivity index (χ4v) is 2.75. The maximum atomic E-state index is 12.5. The van der Waals surface area contributed by atoms with Crippen LogP contribution in [0.25, 0.3) is 0 Å². The molecule has 7 heteroatoms.